The molecule has 0 aliphatic carbocycles. The number of rotatable bonds is 6. The Labute approximate surface area is 217 Å². The first kappa shape index (κ1) is 24.3. The minimum Gasteiger partial charge on any atom is -0.382 e. The number of hydrogen-bond acceptors (Lipinski definition) is 6. The molecule has 0 saturated carbocycles. The Balaban J connectivity index is 1.63. The fourth-order valence-electron chi connectivity index (χ4n) is 4.34. The molecule has 0 fully saturated rings. The summed E-state index contributed by atoms with van der Waals surface area (Å²) in [5.74, 6) is 5.42. The number of fused-ring (bicyclic) bond motifs is 2. The van der Waals surface area contributed by atoms with Crippen molar-refractivity contribution >= 4 is 34.6 Å². The SMILES string of the molecule is C[C@@H](NC(=O)c1c(N)nc2cccnn12)c1cc2cccc(C#CCNC=O)c2c(=O)n1-c1ccccc1. The highest BCUT2D eigenvalue weighted by atomic mass is 16.2. The fourth-order valence-corrected chi connectivity index (χ4v) is 4.34. The highest BCUT2D eigenvalue weighted by Crippen LogP contribution is 2.24. The minimum atomic E-state index is -0.597. The number of nitrogen functional groups attached to an aromatic ring is 1. The van der Waals surface area contributed by atoms with Gasteiger partial charge in [0, 0.05) is 23.1 Å². The molecular formula is C28H23N7O3. The van der Waals surface area contributed by atoms with Crippen molar-refractivity contribution in [2.45, 2.75) is 13.0 Å². The van der Waals surface area contributed by atoms with Gasteiger partial charge < -0.3 is 16.4 Å². The zero-order chi connectivity index (χ0) is 26.6. The smallest absolute Gasteiger partial charge is 0.274 e. The summed E-state index contributed by atoms with van der Waals surface area (Å²) in [7, 11) is 0. The Morgan fingerprint density at radius 3 is 2.74 bits per heavy atom. The number of para-hydroxylation sites is 1. The summed E-state index contributed by atoms with van der Waals surface area (Å²) in [6.45, 7) is 1.95. The number of carbonyl (C=O) groups is 2. The van der Waals surface area contributed by atoms with E-state index in [1.54, 1.807) is 35.9 Å². The van der Waals surface area contributed by atoms with E-state index in [9.17, 15) is 14.4 Å². The van der Waals surface area contributed by atoms with Crippen molar-refractivity contribution in [3.05, 3.63) is 100 Å². The molecule has 0 aliphatic heterocycles. The van der Waals surface area contributed by atoms with Gasteiger partial charge in [-0.05, 0) is 48.7 Å². The van der Waals surface area contributed by atoms with E-state index in [0.29, 0.717) is 39.8 Å². The summed E-state index contributed by atoms with van der Waals surface area (Å²) < 4.78 is 2.95. The standard InChI is InChI=1S/C28H23N7O3/c1-18(32-27(37)25-26(29)33-23-13-7-15-31-35(23)25)22-16-20-9-5-8-19(10-6-14-30-17-36)24(20)28(38)34(22)21-11-3-2-4-12-21/h2-5,7-9,11-13,15-18H,14,29H2,1H3,(H,30,36)(H,32,37)/t18-/m1/s1. The third-order valence-electron chi connectivity index (χ3n) is 6.01. The summed E-state index contributed by atoms with van der Waals surface area (Å²) >= 11 is 0. The third-order valence-corrected chi connectivity index (χ3v) is 6.01. The third kappa shape index (κ3) is 4.44. The highest BCUT2D eigenvalue weighted by Gasteiger charge is 2.23. The van der Waals surface area contributed by atoms with Crippen LogP contribution in [0.15, 0.2) is 77.7 Å². The Morgan fingerprint density at radius 2 is 1.95 bits per heavy atom. The monoisotopic (exact) mass is 505 g/mol. The number of aromatic nitrogens is 4. The van der Waals surface area contributed by atoms with Gasteiger partial charge in [-0.15, -0.1) is 0 Å². The van der Waals surface area contributed by atoms with E-state index >= 15 is 0 Å². The number of nitrogens with zero attached hydrogens (tertiary/aromatic N) is 4. The lowest BCUT2D eigenvalue weighted by Crippen LogP contribution is -2.33. The number of pyridine rings is 1. The van der Waals surface area contributed by atoms with Gasteiger partial charge >= 0.3 is 0 Å². The first-order valence-corrected chi connectivity index (χ1v) is 11.8. The number of imidazole rings is 1. The molecule has 10 nitrogen and oxygen atoms in total. The van der Waals surface area contributed by atoms with Gasteiger partial charge in [-0.25, -0.2) is 9.50 Å². The van der Waals surface area contributed by atoms with Crippen LogP contribution in [0.25, 0.3) is 22.1 Å². The lowest BCUT2D eigenvalue weighted by Gasteiger charge is -2.21. The molecule has 10 heteroatoms. The van der Waals surface area contributed by atoms with E-state index in [-0.39, 0.29) is 23.6 Å². The van der Waals surface area contributed by atoms with E-state index in [0.717, 1.165) is 0 Å². The first-order valence-electron chi connectivity index (χ1n) is 11.8. The molecule has 5 aromatic rings. The number of benzene rings is 2. The predicted molar refractivity (Wildman–Crippen MR) is 144 cm³/mol. The van der Waals surface area contributed by atoms with Gasteiger partial charge in [-0.2, -0.15) is 5.10 Å². The molecule has 2 aromatic carbocycles. The summed E-state index contributed by atoms with van der Waals surface area (Å²) in [4.78, 5) is 42.0. The van der Waals surface area contributed by atoms with Crippen molar-refractivity contribution in [1.29, 1.82) is 0 Å². The second kappa shape index (κ2) is 10.3. The number of nitrogens with one attached hydrogen (secondary N) is 2. The molecule has 0 spiro atoms. The van der Waals surface area contributed by atoms with Crippen molar-refractivity contribution < 1.29 is 9.59 Å². The summed E-state index contributed by atoms with van der Waals surface area (Å²) in [5.41, 5.74) is 8.06. The largest absolute Gasteiger partial charge is 0.382 e. The van der Waals surface area contributed by atoms with Crippen LogP contribution in [0.3, 0.4) is 0 Å². The van der Waals surface area contributed by atoms with Crippen molar-refractivity contribution in [3.63, 3.8) is 0 Å². The van der Waals surface area contributed by atoms with Crippen LogP contribution in [-0.4, -0.2) is 38.0 Å². The van der Waals surface area contributed by atoms with Gasteiger partial charge in [0.05, 0.1) is 18.0 Å². The van der Waals surface area contributed by atoms with Crippen LogP contribution in [0.5, 0.6) is 0 Å². The van der Waals surface area contributed by atoms with E-state index in [4.69, 9.17) is 5.73 Å². The zero-order valence-corrected chi connectivity index (χ0v) is 20.4. The second-order valence-corrected chi connectivity index (χ2v) is 8.45. The lowest BCUT2D eigenvalue weighted by molar-refractivity contribution is -0.109. The van der Waals surface area contributed by atoms with Crippen molar-refractivity contribution in [2.24, 2.45) is 0 Å². The number of carbonyl (C=O) groups excluding carboxylic acids is 2. The maximum Gasteiger partial charge on any atom is 0.274 e. The van der Waals surface area contributed by atoms with Crippen LogP contribution >= 0.6 is 0 Å². The molecule has 188 valence electrons. The van der Waals surface area contributed by atoms with E-state index < -0.39 is 11.9 Å². The highest BCUT2D eigenvalue weighted by molar-refractivity contribution is 5.98. The van der Waals surface area contributed by atoms with Crippen molar-refractivity contribution in [3.8, 4) is 17.5 Å². The number of amides is 2. The maximum atomic E-state index is 14.0. The quantitative estimate of drug-likeness (QED) is 0.184. The molecule has 0 aliphatic rings. The minimum absolute atomic E-state index is 0.0552. The molecule has 0 unspecified atom stereocenters. The van der Waals surface area contributed by atoms with E-state index in [1.165, 1.54) is 4.52 Å². The Kier molecular flexibility index (Phi) is 6.57. The maximum absolute atomic E-state index is 14.0. The summed E-state index contributed by atoms with van der Waals surface area (Å²) in [6.07, 6.45) is 2.11. The molecule has 3 heterocycles. The van der Waals surface area contributed by atoms with Gasteiger partial charge in [0.15, 0.2) is 17.2 Å². The normalized spacial score (nSPS) is 11.5. The number of hydrogen-bond donors (Lipinski definition) is 3. The molecule has 2 amide bonds. The van der Waals surface area contributed by atoms with Crippen molar-refractivity contribution in [1.82, 2.24) is 29.8 Å². The van der Waals surface area contributed by atoms with Crippen LogP contribution in [0, 0.1) is 11.8 Å². The van der Waals surface area contributed by atoms with Crippen LogP contribution in [0.1, 0.15) is 34.7 Å². The van der Waals surface area contributed by atoms with Crippen LogP contribution in [0.4, 0.5) is 5.82 Å². The molecule has 38 heavy (non-hydrogen) atoms. The van der Waals surface area contributed by atoms with Gasteiger partial charge in [-0.3, -0.25) is 19.0 Å². The number of nitrogens with two attached hydrogens (primary N) is 1. The van der Waals surface area contributed by atoms with E-state index in [2.05, 4.69) is 32.6 Å². The van der Waals surface area contributed by atoms with Gasteiger partial charge in [0.2, 0.25) is 6.41 Å². The molecule has 0 bridgehead atoms. The molecule has 0 saturated heterocycles. The van der Waals surface area contributed by atoms with Crippen LogP contribution < -0.4 is 21.9 Å². The average Bonchev–Trinajstić information content (AvgIpc) is 3.27. The van der Waals surface area contributed by atoms with Gasteiger partial charge in [0.1, 0.15) is 0 Å². The molecular weight excluding hydrogens is 482 g/mol. The second-order valence-electron chi connectivity index (χ2n) is 8.45. The Hall–Kier alpha value is -5.43. The molecule has 5 rings (SSSR count). The Morgan fingerprint density at radius 1 is 1.13 bits per heavy atom. The molecule has 4 N–H and O–H groups in total. The summed E-state index contributed by atoms with van der Waals surface area (Å²) in [5, 5.41) is 10.7. The molecule has 1 atom stereocenters. The van der Waals surface area contributed by atoms with Gasteiger partial charge in [-0.1, -0.05) is 42.2 Å². The lowest BCUT2D eigenvalue weighted by atomic mass is 10.0. The fraction of sp³-hybridized carbons (Fsp3) is 0.107. The van der Waals surface area contributed by atoms with Gasteiger partial charge in [0.25, 0.3) is 11.5 Å². The van der Waals surface area contributed by atoms with Crippen molar-refractivity contribution in [2.75, 3.05) is 12.3 Å². The van der Waals surface area contributed by atoms with Crippen LogP contribution in [0.2, 0.25) is 0 Å². The predicted octanol–water partition coefficient (Wildman–Crippen LogP) is 2.20. The average molecular weight is 506 g/mol. The first-order chi connectivity index (χ1) is 18.5. The molecule has 0 radical (unpaired) electrons. The summed E-state index contributed by atoms with van der Waals surface area (Å²) in [6, 6.07) is 19.2. The topological polar surface area (TPSA) is 136 Å². The van der Waals surface area contributed by atoms with Crippen LogP contribution in [-0.2, 0) is 4.79 Å². The molecule has 3 aromatic heterocycles. The zero-order valence-electron chi connectivity index (χ0n) is 20.4. The van der Waals surface area contributed by atoms with E-state index in [1.807, 2.05) is 48.5 Å². The Bertz CT molecular complexity index is 1800. The number of anilines is 1.